The normalized spacial score (nSPS) is 17.4. The van der Waals surface area contributed by atoms with Crippen LogP contribution in [-0.4, -0.2) is 31.1 Å². The zero-order valence-electron chi connectivity index (χ0n) is 16.9. The Bertz CT molecular complexity index is 1070. The molecule has 4 rings (SSSR count). The van der Waals surface area contributed by atoms with E-state index in [0.29, 0.717) is 34.2 Å². The van der Waals surface area contributed by atoms with E-state index in [-0.39, 0.29) is 29.9 Å². The van der Waals surface area contributed by atoms with Gasteiger partial charge in [0.05, 0.1) is 25.5 Å². The first-order valence-corrected chi connectivity index (χ1v) is 9.58. The van der Waals surface area contributed by atoms with E-state index in [1.165, 1.54) is 20.3 Å². The van der Waals surface area contributed by atoms with Crippen molar-refractivity contribution in [3.8, 4) is 11.5 Å². The third kappa shape index (κ3) is 3.94. The average Bonchev–Trinajstić information content (AvgIpc) is 3.34. The fourth-order valence-corrected chi connectivity index (χ4v) is 3.25. The van der Waals surface area contributed by atoms with Gasteiger partial charge in [-0.1, -0.05) is 19.1 Å². The van der Waals surface area contributed by atoms with E-state index in [2.05, 4.69) is 10.3 Å². The summed E-state index contributed by atoms with van der Waals surface area (Å²) >= 11 is 0. The number of fused-ring (bicyclic) bond motifs is 1. The summed E-state index contributed by atoms with van der Waals surface area (Å²) < 4.78 is 21.6. The summed E-state index contributed by atoms with van der Waals surface area (Å²) in [7, 11) is 2.95. The first-order valence-electron chi connectivity index (χ1n) is 9.58. The van der Waals surface area contributed by atoms with E-state index in [1.54, 1.807) is 12.1 Å². The predicted octanol–water partition coefficient (Wildman–Crippen LogP) is 3.80. The molecule has 1 aromatic heterocycles. The topological polar surface area (TPSA) is 99.9 Å². The molecule has 1 N–H and O–H groups in total. The molecular formula is C22H22N2O6. The number of aromatic nitrogens is 1. The number of hydrogen-bond donors (Lipinski definition) is 1. The van der Waals surface area contributed by atoms with Crippen LogP contribution in [0.2, 0.25) is 0 Å². The van der Waals surface area contributed by atoms with Gasteiger partial charge in [0.25, 0.3) is 0 Å². The molecule has 1 amide bonds. The molecule has 30 heavy (non-hydrogen) atoms. The Morgan fingerprint density at radius 2 is 1.87 bits per heavy atom. The SMILES string of the molecule is COc1cc(NC(=O)C2CC2C)c(C(=O)OCc2nc3ccccc3o2)cc1OC. The summed E-state index contributed by atoms with van der Waals surface area (Å²) in [6.07, 6.45) is 0.830. The molecular weight excluding hydrogens is 388 g/mol. The molecule has 0 saturated heterocycles. The Hall–Kier alpha value is -3.55. The van der Waals surface area contributed by atoms with Crippen LogP contribution in [0, 0.1) is 11.8 Å². The maximum absolute atomic E-state index is 12.8. The molecule has 1 saturated carbocycles. The standard InChI is InChI=1S/C22H22N2O6/c1-12-8-13(12)21(25)24-16-10-19(28-3)18(27-2)9-14(16)22(26)29-11-20-23-15-6-4-5-7-17(15)30-20/h4-7,9-10,12-13H,8,11H2,1-3H3,(H,24,25). The van der Waals surface area contributed by atoms with Gasteiger partial charge in [-0.05, 0) is 24.5 Å². The average molecular weight is 410 g/mol. The second kappa shape index (κ2) is 8.06. The number of rotatable bonds is 7. The number of oxazole rings is 1. The Balaban J connectivity index is 1.56. The van der Waals surface area contributed by atoms with Gasteiger partial charge in [0.1, 0.15) is 5.52 Å². The molecule has 8 nitrogen and oxygen atoms in total. The number of carbonyl (C=O) groups excluding carboxylic acids is 2. The van der Waals surface area contributed by atoms with Gasteiger partial charge < -0.3 is 23.9 Å². The lowest BCUT2D eigenvalue weighted by atomic mass is 10.1. The van der Waals surface area contributed by atoms with Crippen LogP contribution in [0.25, 0.3) is 11.1 Å². The van der Waals surface area contributed by atoms with Crippen LogP contribution in [0.3, 0.4) is 0 Å². The number of nitrogens with zero attached hydrogens (tertiary/aromatic N) is 1. The summed E-state index contributed by atoms with van der Waals surface area (Å²) in [6.45, 7) is 1.86. The van der Waals surface area contributed by atoms with Gasteiger partial charge in [0.15, 0.2) is 23.7 Å². The highest BCUT2D eigenvalue weighted by atomic mass is 16.5. The van der Waals surface area contributed by atoms with Crippen LogP contribution < -0.4 is 14.8 Å². The third-order valence-corrected chi connectivity index (χ3v) is 5.11. The summed E-state index contributed by atoms with van der Waals surface area (Å²) in [5.41, 5.74) is 1.76. The van der Waals surface area contributed by atoms with E-state index in [1.807, 2.05) is 25.1 Å². The monoisotopic (exact) mass is 410 g/mol. The number of benzene rings is 2. The second-order valence-corrected chi connectivity index (χ2v) is 7.21. The van der Waals surface area contributed by atoms with Crippen molar-refractivity contribution >= 4 is 28.7 Å². The van der Waals surface area contributed by atoms with Crippen molar-refractivity contribution in [2.45, 2.75) is 20.0 Å². The van der Waals surface area contributed by atoms with Crippen molar-refractivity contribution in [3.05, 3.63) is 47.9 Å². The van der Waals surface area contributed by atoms with Gasteiger partial charge in [-0.15, -0.1) is 0 Å². The highest BCUT2D eigenvalue weighted by Crippen LogP contribution is 2.40. The lowest BCUT2D eigenvalue weighted by Gasteiger charge is -2.15. The van der Waals surface area contributed by atoms with E-state index in [4.69, 9.17) is 18.6 Å². The summed E-state index contributed by atoms with van der Waals surface area (Å²) in [6, 6.07) is 10.3. The maximum Gasteiger partial charge on any atom is 0.340 e. The molecule has 1 aliphatic rings. The van der Waals surface area contributed by atoms with Crippen molar-refractivity contribution in [2.24, 2.45) is 11.8 Å². The summed E-state index contributed by atoms with van der Waals surface area (Å²) in [4.78, 5) is 29.5. The molecule has 0 radical (unpaired) electrons. The highest BCUT2D eigenvalue weighted by Gasteiger charge is 2.39. The minimum Gasteiger partial charge on any atom is -0.493 e. The van der Waals surface area contributed by atoms with Gasteiger partial charge in [0, 0.05) is 18.1 Å². The van der Waals surface area contributed by atoms with Crippen LogP contribution in [0.5, 0.6) is 11.5 Å². The number of methoxy groups -OCH3 is 2. The number of ether oxygens (including phenoxy) is 3. The largest absolute Gasteiger partial charge is 0.493 e. The second-order valence-electron chi connectivity index (χ2n) is 7.21. The van der Waals surface area contributed by atoms with Crippen LogP contribution in [0.1, 0.15) is 29.6 Å². The first kappa shape index (κ1) is 19.8. The Kier molecular flexibility index (Phi) is 5.31. The van der Waals surface area contributed by atoms with E-state index >= 15 is 0 Å². The molecule has 0 aliphatic heterocycles. The fraction of sp³-hybridized carbons (Fsp3) is 0.318. The highest BCUT2D eigenvalue weighted by molar-refractivity contribution is 6.03. The van der Waals surface area contributed by atoms with Crippen molar-refractivity contribution in [3.63, 3.8) is 0 Å². The number of hydrogen-bond acceptors (Lipinski definition) is 7. The Labute approximate surface area is 173 Å². The lowest BCUT2D eigenvalue weighted by Crippen LogP contribution is -2.18. The van der Waals surface area contributed by atoms with Crippen LogP contribution >= 0.6 is 0 Å². The van der Waals surface area contributed by atoms with Crippen molar-refractivity contribution in [1.82, 2.24) is 4.98 Å². The third-order valence-electron chi connectivity index (χ3n) is 5.11. The zero-order valence-corrected chi connectivity index (χ0v) is 16.9. The first-order chi connectivity index (χ1) is 14.5. The van der Waals surface area contributed by atoms with Gasteiger partial charge in [-0.3, -0.25) is 4.79 Å². The lowest BCUT2D eigenvalue weighted by molar-refractivity contribution is -0.117. The van der Waals surface area contributed by atoms with E-state index in [0.717, 1.165) is 6.42 Å². The molecule has 0 spiro atoms. The molecule has 1 aliphatic carbocycles. The number of amides is 1. The minimum absolute atomic E-state index is 0.0540. The van der Waals surface area contributed by atoms with E-state index < -0.39 is 5.97 Å². The molecule has 1 heterocycles. The van der Waals surface area contributed by atoms with Crippen LogP contribution in [0.15, 0.2) is 40.8 Å². The molecule has 3 aromatic rings. The zero-order chi connectivity index (χ0) is 21.3. The van der Waals surface area contributed by atoms with Crippen molar-refractivity contribution < 1.29 is 28.2 Å². The molecule has 8 heteroatoms. The predicted molar refractivity (Wildman–Crippen MR) is 109 cm³/mol. The molecule has 0 bridgehead atoms. The fourth-order valence-electron chi connectivity index (χ4n) is 3.25. The van der Waals surface area contributed by atoms with Gasteiger partial charge in [0.2, 0.25) is 11.8 Å². The molecule has 2 unspecified atom stereocenters. The van der Waals surface area contributed by atoms with Gasteiger partial charge >= 0.3 is 5.97 Å². The van der Waals surface area contributed by atoms with Crippen LogP contribution in [0.4, 0.5) is 5.69 Å². The summed E-state index contributed by atoms with van der Waals surface area (Å²) in [5.74, 6) is 0.528. The number of esters is 1. The quantitative estimate of drug-likeness (QED) is 0.592. The Morgan fingerprint density at radius 1 is 1.17 bits per heavy atom. The molecule has 2 atom stereocenters. The maximum atomic E-state index is 12.8. The Morgan fingerprint density at radius 3 is 2.53 bits per heavy atom. The smallest absolute Gasteiger partial charge is 0.340 e. The van der Waals surface area contributed by atoms with Crippen molar-refractivity contribution in [2.75, 3.05) is 19.5 Å². The molecule has 1 fully saturated rings. The van der Waals surface area contributed by atoms with Crippen LogP contribution in [-0.2, 0) is 16.1 Å². The number of anilines is 1. The van der Waals surface area contributed by atoms with Gasteiger partial charge in [-0.25, -0.2) is 9.78 Å². The molecule has 156 valence electrons. The number of para-hydroxylation sites is 2. The summed E-state index contributed by atoms with van der Waals surface area (Å²) in [5, 5.41) is 2.82. The number of nitrogens with one attached hydrogen (secondary N) is 1. The van der Waals surface area contributed by atoms with Gasteiger partial charge in [-0.2, -0.15) is 0 Å². The number of carbonyl (C=O) groups is 2. The minimum atomic E-state index is -0.641. The van der Waals surface area contributed by atoms with E-state index in [9.17, 15) is 9.59 Å². The molecule has 2 aromatic carbocycles. The van der Waals surface area contributed by atoms with Crippen molar-refractivity contribution in [1.29, 1.82) is 0 Å².